The lowest BCUT2D eigenvalue weighted by Crippen LogP contribution is -2.29. The molecule has 0 amide bonds. The first-order chi connectivity index (χ1) is 9.65. The second-order valence-electron chi connectivity index (χ2n) is 5.57. The molecule has 0 saturated carbocycles. The summed E-state index contributed by atoms with van der Waals surface area (Å²) < 4.78 is 5.51. The zero-order valence-electron chi connectivity index (χ0n) is 12.7. The molecule has 1 aromatic carbocycles. The summed E-state index contributed by atoms with van der Waals surface area (Å²) in [5.74, 6) is 0.866. The summed E-state index contributed by atoms with van der Waals surface area (Å²) in [7, 11) is 5.56. The smallest absolute Gasteiger partial charge is 0.152 e. The predicted octanol–water partition coefficient (Wildman–Crippen LogP) is 2.56. The van der Waals surface area contributed by atoms with Crippen molar-refractivity contribution in [3.8, 4) is 5.75 Å². The highest BCUT2D eigenvalue weighted by Gasteiger charge is 2.16. The number of ether oxygens (including phenoxy) is 1. The molecule has 1 heterocycles. The van der Waals surface area contributed by atoms with Gasteiger partial charge in [0.25, 0.3) is 0 Å². The van der Waals surface area contributed by atoms with Crippen LogP contribution in [0.2, 0.25) is 0 Å². The minimum absolute atomic E-state index is 0.725. The first-order valence-corrected chi connectivity index (χ1v) is 7.21. The second kappa shape index (κ2) is 6.75. The Kier molecular flexibility index (Phi) is 5.01. The number of hydrogen-bond acceptors (Lipinski definition) is 4. The van der Waals surface area contributed by atoms with Crippen molar-refractivity contribution in [2.45, 2.75) is 25.8 Å². The molecule has 110 valence electrons. The van der Waals surface area contributed by atoms with E-state index in [1.165, 1.54) is 19.3 Å². The van der Waals surface area contributed by atoms with Crippen LogP contribution in [0.15, 0.2) is 12.1 Å². The first-order valence-electron chi connectivity index (χ1n) is 7.21. The summed E-state index contributed by atoms with van der Waals surface area (Å²) in [6.07, 6.45) is 4.78. The normalized spacial score (nSPS) is 15.9. The number of hydrogen-bond donors (Lipinski definition) is 0. The number of methoxy groups -OCH3 is 1. The van der Waals surface area contributed by atoms with Gasteiger partial charge < -0.3 is 9.64 Å². The van der Waals surface area contributed by atoms with E-state index in [2.05, 4.69) is 4.90 Å². The number of nitrogens with zero attached hydrogens (tertiary/aromatic N) is 2. The van der Waals surface area contributed by atoms with E-state index in [1.54, 1.807) is 7.11 Å². The highest BCUT2D eigenvalue weighted by molar-refractivity contribution is 5.85. The lowest BCUT2D eigenvalue weighted by atomic mass is 10.0. The highest BCUT2D eigenvalue weighted by Crippen LogP contribution is 2.29. The molecule has 1 saturated heterocycles. The maximum atomic E-state index is 11.3. The minimum Gasteiger partial charge on any atom is -0.496 e. The second-order valence-corrected chi connectivity index (χ2v) is 5.57. The average molecular weight is 276 g/mol. The van der Waals surface area contributed by atoms with Crippen LogP contribution in [0.3, 0.4) is 0 Å². The van der Waals surface area contributed by atoms with Gasteiger partial charge in [0.05, 0.1) is 12.8 Å². The number of aldehydes is 1. The van der Waals surface area contributed by atoms with Gasteiger partial charge in [0.15, 0.2) is 6.29 Å². The van der Waals surface area contributed by atoms with E-state index in [-0.39, 0.29) is 0 Å². The summed E-state index contributed by atoms with van der Waals surface area (Å²) in [5, 5.41) is 0. The molecule has 0 aromatic heterocycles. The van der Waals surface area contributed by atoms with Crippen LogP contribution in [0.25, 0.3) is 0 Å². The van der Waals surface area contributed by atoms with Crippen molar-refractivity contribution in [1.29, 1.82) is 0 Å². The third kappa shape index (κ3) is 3.31. The fourth-order valence-corrected chi connectivity index (χ4v) is 2.79. The molecule has 0 N–H and O–H groups in total. The number of piperidine rings is 1. The Morgan fingerprint density at radius 2 is 1.95 bits per heavy atom. The van der Waals surface area contributed by atoms with E-state index < -0.39 is 0 Å². The average Bonchev–Trinajstić information content (AvgIpc) is 2.47. The molecule has 0 radical (unpaired) electrons. The minimum atomic E-state index is 0.725. The largest absolute Gasteiger partial charge is 0.496 e. The number of carbonyl (C=O) groups is 1. The van der Waals surface area contributed by atoms with Crippen LogP contribution in [0.1, 0.15) is 35.2 Å². The molecule has 0 bridgehead atoms. The number of carbonyl (C=O) groups excluding carboxylic acids is 1. The Morgan fingerprint density at radius 3 is 2.50 bits per heavy atom. The van der Waals surface area contributed by atoms with E-state index in [0.717, 1.165) is 48.5 Å². The van der Waals surface area contributed by atoms with Crippen LogP contribution < -0.4 is 9.64 Å². The van der Waals surface area contributed by atoms with E-state index in [9.17, 15) is 4.79 Å². The topological polar surface area (TPSA) is 32.8 Å². The summed E-state index contributed by atoms with van der Waals surface area (Å²) in [5.41, 5.74) is 2.73. The number of rotatable bonds is 5. The number of likely N-dealkylation sites (tertiary alicyclic amines) is 1. The summed E-state index contributed by atoms with van der Waals surface area (Å²) in [6, 6.07) is 3.93. The standard InChI is InChI=1S/C16H24N2O2/c1-17(2)15-10-16(20-3)13(9-14(15)12-19)11-18-7-5-4-6-8-18/h9-10,12H,4-8,11H2,1-3H3. The van der Waals surface area contributed by atoms with Gasteiger partial charge in [-0.05, 0) is 32.0 Å². The zero-order valence-corrected chi connectivity index (χ0v) is 12.7. The lowest BCUT2D eigenvalue weighted by Gasteiger charge is -2.27. The lowest BCUT2D eigenvalue weighted by molar-refractivity contribution is 0.112. The SMILES string of the molecule is COc1cc(N(C)C)c(C=O)cc1CN1CCCCC1. The molecule has 1 fully saturated rings. The molecule has 0 spiro atoms. The summed E-state index contributed by atoms with van der Waals surface area (Å²) in [4.78, 5) is 15.7. The van der Waals surface area contributed by atoms with Gasteiger partial charge in [-0.2, -0.15) is 0 Å². The van der Waals surface area contributed by atoms with Gasteiger partial charge in [0, 0.05) is 37.8 Å². The molecule has 0 aliphatic carbocycles. The molecule has 1 aliphatic heterocycles. The van der Waals surface area contributed by atoms with Crippen LogP contribution in [0, 0.1) is 0 Å². The van der Waals surface area contributed by atoms with Gasteiger partial charge >= 0.3 is 0 Å². The van der Waals surface area contributed by atoms with Crippen LogP contribution in [-0.2, 0) is 6.54 Å². The van der Waals surface area contributed by atoms with Crippen molar-refractivity contribution in [3.63, 3.8) is 0 Å². The number of anilines is 1. The fraction of sp³-hybridized carbons (Fsp3) is 0.562. The van der Waals surface area contributed by atoms with Gasteiger partial charge in [-0.25, -0.2) is 0 Å². The first kappa shape index (κ1) is 14.9. The third-order valence-corrected chi connectivity index (χ3v) is 3.88. The van der Waals surface area contributed by atoms with E-state index in [4.69, 9.17) is 4.74 Å². The van der Waals surface area contributed by atoms with Crippen molar-refractivity contribution < 1.29 is 9.53 Å². The van der Waals surface area contributed by atoms with Crippen LogP contribution in [0.4, 0.5) is 5.69 Å². The van der Waals surface area contributed by atoms with E-state index in [0.29, 0.717) is 0 Å². The Labute approximate surface area is 121 Å². The molecule has 4 nitrogen and oxygen atoms in total. The van der Waals surface area contributed by atoms with Crippen molar-refractivity contribution in [2.24, 2.45) is 0 Å². The molecule has 1 aliphatic rings. The van der Waals surface area contributed by atoms with Gasteiger partial charge in [0.1, 0.15) is 5.75 Å². The predicted molar refractivity (Wildman–Crippen MR) is 81.8 cm³/mol. The van der Waals surface area contributed by atoms with Crippen molar-refractivity contribution in [2.75, 3.05) is 39.2 Å². The summed E-state index contributed by atoms with van der Waals surface area (Å²) in [6.45, 7) is 3.13. The fourth-order valence-electron chi connectivity index (χ4n) is 2.79. The van der Waals surface area contributed by atoms with Crippen LogP contribution >= 0.6 is 0 Å². The molecule has 0 atom stereocenters. The van der Waals surface area contributed by atoms with E-state index >= 15 is 0 Å². The third-order valence-electron chi connectivity index (χ3n) is 3.88. The Bertz CT molecular complexity index is 466. The maximum absolute atomic E-state index is 11.3. The molecule has 0 unspecified atom stereocenters. The summed E-state index contributed by atoms with van der Waals surface area (Å²) >= 11 is 0. The molecule has 4 heteroatoms. The van der Waals surface area contributed by atoms with Crippen LogP contribution in [-0.4, -0.2) is 45.5 Å². The molecular weight excluding hydrogens is 252 g/mol. The molecule has 2 rings (SSSR count). The maximum Gasteiger partial charge on any atom is 0.152 e. The Morgan fingerprint density at radius 1 is 1.25 bits per heavy atom. The van der Waals surface area contributed by atoms with Crippen molar-refractivity contribution in [3.05, 3.63) is 23.3 Å². The molecular formula is C16H24N2O2. The Hall–Kier alpha value is -1.55. The van der Waals surface area contributed by atoms with Crippen molar-refractivity contribution in [1.82, 2.24) is 4.90 Å². The Balaban J connectivity index is 2.28. The van der Waals surface area contributed by atoms with Gasteiger partial charge in [-0.3, -0.25) is 9.69 Å². The molecule has 20 heavy (non-hydrogen) atoms. The van der Waals surface area contributed by atoms with Crippen LogP contribution in [0.5, 0.6) is 5.75 Å². The van der Waals surface area contributed by atoms with Gasteiger partial charge in [-0.15, -0.1) is 0 Å². The van der Waals surface area contributed by atoms with E-state index in [1.807, 2.05) is 31.1 Å². The van der Waals surface area contributed by atoms with Crippen molar-refractivity contribution >= 4 is 12.0 Å². The van der Waals surface area contributed by atoms with Gasteiger partial charge in [-0.1, -0.05) is 6.42 Å². The quantitative estimate of drug-likeness (QED) is 0.774. The number of benzene rings is 1. The monoisotopic (exact) mass is 276 g/mol. The van der Waals surface area contributed by atoms with Gasteiger partial charge in [0.2, 0.25) is 0 Å². The zero-order chi connectivity index (χ0) is 14.5. The molecule has 1 aromatic rings. The highest BCUT2D eigenvalue weighted by atomic mass is 16.5.